The fourth-order valence-corrected chi connectivity index (χ4v) is 7.53. The van der Waals surface area contributed by atoms with E-state index in [0.717, 1.165) is 11.4 Å². The van der Waals surface area contributed by atoms with E-state index in [1.807, 2.05) is 0 Å². The molecule has 1 nitrogen and oxygen atoms in total. The molecule has 0 aromatic heterocycles. The number of nitrogens with zero attached hydrogens (tertiary/aromatic N) is 1. The van der Waals surface area contributed by atoms with E-state index in [2.05, 4.69) is 196 Å². The van der Waals surface area contributed by atoms with Crippen LogP contribution in [0.15, 0.2) is 170 Å². The molecule has 2 atom stereocenters. The van der Waals surface area contributed by atoms with Gasteiger partial charge in [0, 0.05) is 28.4 Å². The van der Waals surface area contributed by atoms with Crippen LogP contribution in [0.3, 0.4) is 0 Å². The second-order valence-electron chi connectivity index (χ2n) is 13.5. The first-order chi connectivity index (χ1) is 23.0. The normalized spacial score (nSPS) is 17.3. The first kappa shape index (κ1) is 29.0. The van der Waals surface area contributed by atoms with Crippen molar-refractivity contribution in [2.45, 2.75) is 32.1 Å². The lowest BCUT2D eigenvalue weighted by molar-refractivity contribution is 0.635. The molecule has 2 unspecified atom stereocenters. The predicted octanol–water partition coefficient (Wildman–Crippen LogP) is 12.6. The van der Waals surface area contributed by atoms with Crippen LogP contribution in [0.2, 0.25) is 0 Å². The van der Waals surface area contributed by atoms with Gasteiger partial charge in [0.05, 0.1) is 0 Å². The second kappa shape index (κ2) is 11.8. The van der Waals surface area contributed by atoms with Gasteiger partial charge in [-0.3, -0.25) is 0 Å². The molecule has 8 rings (SSSR count). The van der Waals surface area contributed by atoms with Crippen molar-refractivity contribution in [1.29, 1.82) is 0 Å². The zero-order chi connectivity index (χ0) is 32.0. The Morgan fingerprint density at radius 2 is 0.957 bits per heavy atom. The van der Waals surface area contributed by atoms with Crippen molar-refractivity contribution in [3.63, 3.8) is 0 Å². The Kier molecular flexibility index (Phi) is 7.26. The summed E-state index contributed by atoms with van der Waals surface area (Å²) in [5.74, 6) is 0.878. The largest absolute Gasteiger partial charge is 0.310 e. The van der Waals surface area contributed by atoms with Crippen LogP contribution < -0.4 is 4.90 Å². The van der Waals surface area contributed by atoms with Gasteiger partial charge in [-0.1, -0.05) is 148 Å². The Bertz CT molecular complexity index is 2100. The molecule has 0 N–H and O–H groups in total. The summed E-state index contributed by atoms with van der Waals surface area (Å²) >= 11 is 0. The van der Waals surface area contributed by atoms with Crippen molar-refractivity contribution < 1.29 is 0 Å². The molecule has 1 heteroatoms. The van der Waals surface area contributed by atoms with E-state index in [0.29, 0.717) is 11.8 Å². The highest BCUT2D eigenvalue weighted by atomic mass is 15.1. The van der Waals surface area contributed by atoms with E-state index >= 15 is 0 Å². The maximum atomic E-state index is 2.42. The quantitative estimate of drug-likeness (QED) is 0.183. The van der Waals surface area contributed by atoms with Crippen LogP contribution in [-0.4, -0.2) is 0 Å². The molecule has 0 radical (unpaired) electrons. The zero-order valence-electron chi connectivity index (χ0n) is 27.3. The predicted molar refractivity (Wildman–Crippen MR) is 200 cm³/mol. The number of fused-ring (bicyclic) bond motifs is 3. The molecule has 0 fully saturated rings. The van der Waals surface area contributed by atoms with E-state index in [1.165, 1.54) is 55.8 Å². The minimum atomic E-state index is -0.130. The molecular weight excluding hydrogens is 567 g/mol. The van der Waals surface area contributed by atoms with Crippen LogP contribution in [-0.2, 0) is 5.41 Å². The monoisotopic (exact) mass is 605 g/mol. The minimum Gasteiger partial charge on any atom is -0.310 e. The molecule has 47 heavy (non-hydrogen) atoms. The molecule has 0 spiro atoms. The molecule has 228 valence electrons. The van der Waals surface area contributed by atoms with Gasteiger partial charge in [0.1, 0.15) is 0 Å². The lowest BCUT2D eigenvalue weighted by Crippen LogP contribution is -2.17. The average molecular weight is 606 g/mol. The third-order valence-electron chi connectivity index (χ3n) is 10.2. The molecule has 0 saturated heterocycles. The molecule has 2 aliphatic rings. The van der Waals surface area contributed by atoms with Gasteiger partial charge in [-0.05, 0) is 98.5 Å². The Balaban J connectivity index is 1.21. The molecule has 0 amide bonds. The summed E-state index contributed by atoms with van der Waals surface area (Å²) in [5, 5.41) is 0. The highest BCUT2D eigenvalue weighted by Crippen LogP contribution is 2.51. The van der Waals surface area contributed by atoms with E-state index in [1.54, 1.807) is 0 Å². The topological polar surface area (TPSA) is 3.24 Å². The van der Waals surface area contributed by atoms with Crippen LogP contribution in [0.5, 0.6) is 0 Å². The summed E-state index contributed by atoms with van der Waals surface area (Å²) in [6.07, 6.45) is 8.95. The number of anilines is 3. The summed E-state index contributed by atoms with van der Waals surface area (Å²) in [7, 11) is 0. The smallest absolute Gasteiger partial charge is 0.0465 e. The summed E-state index contributed by atoms with van der Waals surface area (Å²) in [6, 6.07) is 53.6. The molecule has 0 heterocycles. The van der Waals surface area contributed by atoms with Crippen LogP contribution in [0, 0.1) is 5.92 Å². The third kappa shape index (κ3) is 5.22. The zero-order valence-corrected chi connectivity index (χ0v) is 27.3. The lowest BCUT2D eigenvalue weighted by atomic mass is 9.81. The Hall–Kier alpha value is -5.40. The van der Waals surface area contributed by atoms with Gasteiger partial charge in [-0.25, -0.2) is 0 Å². The van der Waals surface area contributed by atoms with Crippen molar-refractivity contribution in [3.05, 3.63) is 187 Å². The van der Waals surface area contributed by atoms with Crippen molar-refractivity contribution in [3.8, 4) is 33.4 Å². The summed E-state index contributed by atoms with van der Waals surface area (Å²) in [6.45, 7) is 7.04. The number of allylic oxidation sites excluding steroid dienone is 4. The van der Waals surface area contributed by atoms with Gasteiger partial charge in [0.2, 0.25) is 0 Å². The SMILES string of the molecule is CC1C=CC=CC1c1ccc(N(c2ccc(-c3ccccc3)cc2)c2ccc3c(c2)C(C)(C)c2cc(-c4ccccc4)ccc2-3)cc1. The van der Waals surface area contributed by atoms with E-state index < -0.39 is 0 Å². The summed E-state index contributed by atoms with van der Waals surface area (Å²) in [5.41, 5.74) is 15.1. The van der Waals surface area contributed by atoms with Gasteiger partial charge in [-0.15, -0.1) is 0 Å². The fourth-order valence-electron chi connectivity index (χ4n) is 7.53. The van der Waals surface area contributed by atoms with Crippen LogP contribution in [0.4, 0.5) is 17.1 Å². The number of hydrogen-bond acceptors (Lipinski definition) is 1. The van der Waals surface area contributed by atoms with E-state index in [4.69, 9.17) is 0 Å². The standard InChI is InChI=1S/C46H39N/c1-32-12-10-11-17-41(32)36-20-25-39(26-21-36)47(38-23-18-35(19-24-38)33-13-6-4-7-14-33)40-27-29-43-42-28-22-37(34-15-8-5-9-16-34)30-44(42)46(2,3)45(43)31-40/h4-32,41H,1-3H3. The second-order valence-corrected chi connectivity index (χ2v) is 13.5. The first-order valence-corrected chi connectivity index (χ1v) is 16.7. The van der Waals surface area contributed by atoms with E-state index in [9.17, 15) is 0 Å². The van der Waals surface area contributed by atoms with Crippen molar-refractivity contribution in [2.24, 2.45) is 5.92 Å². The highest BCUT2D eigenvalue weighted by Gasteiger charge is 2.36. The maximum absolute atomic E-state index is 2.42. The Morgan fingerprint density at radius 1 is 0.468 bits per heavy atom. The van der Waals surface area contributed by atoms with Crippen molar-refractivity contribution in [1.82, 2.24) is 0 Å². The first-order valence-electron chi connectivity index (χ1n) is 16.7. The maximum Gasteiger partial charge on any atom is 0.0465 e. The fraction of sp³-hybridized carbons (Fsp3) is 0.130. The summed E-state index contributed by atoms with van der Waals surface area (Å²) in [4.78, 5) is 2.41. The molecule has 2 aliphatic carbocycles. The van der Waals surface area contributed by atoms with Crippen LogP contribution in [0.1, 0.15) is 43.4 Å². The lowest BCUT2D eigenvalue weighted by Gasteiger charge is -2.29. The molecule has 6 aromatic carbocycles. The molecule has 0 aliphatic heterocycles. The minimum absolute atomic E-state index is 0.130. The molecule has 0 saturated carbocycles. The van der Waals surface area contributed by atoms with E-state index in [-0.39, 0.29) is 5.41 Å². The Labute approximate surface area is 279 Å². The molecule has 6 aromatic rings. The highest BCUT2D eigenvalue weighted by molar-refractivity contribution is 5.87. The number of benzene rings is 6. The van der Waals surface area contributed by atoms with Gasteiger partial charge in [0.15, 0.2) is 0 Å². The van der Waals surface area contributed by atoms with Crippen molar-refractivity contribution >= 4 is 17.1 Å². The van der Waals surface area contributed by atoms with Gasteiger partial charge in [0.25, 0.3) is 0 Å². The number of hydrogen-bond donors (Lipinski definition) is 0. The summed E-state index contributed by atoms with van der Waals surface area (Å²) < 4.78 is 0. The van der Waals surface area contributed by atoms with Gasteiger partial charge in [-0.2, -0.15) is 0 Å². The van der Waals surface area contributed by atoms with Gasteiger partial charge < -0.3 is 4.90 Å². The number of rotatable bonds is 6. The molecular formula is C46H39N. The third-order valence-corrected chi connectivity index (χ3v) is 10.2. The van der Waals surface area contributed by atoms with Crippen LogP contribution in [0.25, 0.3) is 33.4 Å². The van der Waals surface area contributed by atoms with Crippen LogP contribution >= 0.6 is 0 Å². The van der Waals surface area contributed by atoms with Gasteiger partial charge >= 0.3 is 0 Å². The Morgan fingerprint density at radius 3 is 1.60 bits per heavy atom. The van der Waals surface area contributed by atoms with Crippen molar-refractivity contribution in [2.75, 3.05) is 4.90 Å². The average Bonchev–Trinajstić information content (AvgIpc) is 3.35. The molecule has 0 bridgehead atoms.